The fraction of sp³-hybridized carbons (Fsp3) is 0.455. The highest BCUT2D eigenvalue weighted by atomic mass is 32.1. The van der Waals surface area contributed by atoms with Crippen LogP contribution in [0.4, 0.5) is 0 Å². The molecule has 150 valence electrons. The van der Waals surface area contributed by atoms with Gasteiger partial charge in [0.2, 0.25) is 5.91 Å². The number of carboxylic acids is 1. The third-order valence-electron chi connectivity index (χ3n) is 4.64. The third kappa shape index (κ3) is 6.36. The zero-order valence-electron chi connectivity index (χ0n) is 16.3. The van der Waals surface area contributed by atoms with Crippen LogP contribution < -0.4 is 0 Å². The van der Waals surface area contributed by atoms with Crippen LogP contribution in [0.15, 0.2) is 30.4 Å². The Balaban J connectivity index is 1.92. The van der Waals surface area contributed by atoms with Gasteiger partial charge in [-0.3, -0.25) is 4.79 Å². The normalized spacial score (nSPS) is 19.2. The van der Waals surface area contributed by atoms with Crippen LogP contribution in [0.2, 0.25) is 0 Å². The van der Waals surface area contributed by atoms with Crippen molar-refractivity contribution in [3.63, 3.8) is 0 Å². The minimum Gasteiger partial charge on any atom is -0.477 e. The van der Waals surface area contributed by atoms with Crippen molar-refractivity contribution in [3.05, 3.63) is 40.1 Å². The second kappa shape index (κ2) is 10.8. The minimum absolute atomic E-state index is 0.0290. The average Bonchev–Trinajstić information content (AvgIpc) is 3.27. The molecule has 1 aromatic rings. The molecule has 28 heavy (non-hydrogen) atoms. The molecule has 1 aromatic heterocycles. The Hall–Kier alpha value is -2.36. The summed E-state index contributed by atoms with van der Waals surface area (Å²) in [6.45, 7) is 4.42. The summed E-state index contributed by atoms with van der Waals surface area (Å²) in [6, 6.07) is 3.30. The molecule has 2 rings (SSSR count). The molecule has 5 nitrogen and oxygen atoms in total. The smallest absolute Gasteiger partial charge is 0.345 e. The summed E-state index contributed by atoms with van der Waals surface area (Å²) in [5.74, 6) is 5.27. The molecule has 0 saturated carbocycles. The summed E-state index contributed by atoms with van der Waals surface area (Å²) in [4.78, 5) is 26.0. The Labute approximate surface area is 170 Å². The summed E-state index contributed by atoms with van der Waals surface area (Å²) < 4.78 is 0. The van der Waals surface area contributed by atoms with Crippen LogP contribution >= 0.6 is 11.3 Å². The van der Waals surface area contributed by atoms with E-state index in [2.05, 4.69) is 11.8 Å². The van der Waals surface area contributed by atoms with Gasteiger partial charge in [0.05, 0.1) is 12.1 Å². The van der Waals surface area contributed by atoms with E-state index in [4.69, 9.17) is 5.11 Å². The number of carbonyl (C=O) groups is 2. The number of aromatic carboxylic acids is 1. The first-order valence-electron chi connectivity index (χ1n) is 9.53. The van der Waals surface area contributed by atoms with Crippen molar-refractivity contribution in [2.24, 2.45) is 5.92 Å². The van der Waals surface area contributed by atoms with Crippen molar-refractivity contribution in [2.45, 2.75) is 51.7 Å². The van der Waals surface area contributed by atoms with Crippen molar-refractivity contribution in [1.82, 2.24) is 4.90 Å². The molecule has 6 heteroatoms. The first-order chi connectivity index (χ1) is 13.4. The molecule has 0 spiro atoms. The Morgan fingerprint density at radius 3 is 2.89 bits per heavy atom. The van der Waals surface area contributed by atoms with Gasteiger partial charge in [-0.2, -0.15) is 0 Å². The molecule has 1 amide bonds. The summed E-state index contributed by atoms with van der Waals surface area (Å²) in [6.07, 6.45) is 9.52. The number of aliphatic hydroxyl groups is 1. The molecular weight excluding hydrogens is 374 g/mol. The van der Waals surface area contributed by atoms with Gasteiger partial charge < -0.3 is 15.1 Å². The Bertz CT molecular complexity index is 799. The molecule has 0 bridgehead atoms. The lowest BCUT2D eigenvalue weighted by molar-refractivity contribution is -0.127. The van der Waals surface area contributed by atoms with Gasteiger partial charge in [0.15, 0.2) is 0 Å². The number of nitrogens with zero attached hydrogens (tertiary/aromatic N) is 1. The number of aliphatic hydroxyl groups excluding tert-OH is 1. The van der Waals surface area contributed by atoms with Crippen molar-refractivity contribution in [2.75, 3.05) is 6.54 Å². The van der Waals surface area contributed by atoms with E-state index in [1.807, 2.05) is 32.1 Å². The molecule has 0 aromatic carbocycles. The molecule has 2 N–H and O–H groups in total. The van der Waals surface area contributed by atoms with Crippen molar-refractivity contribution >= 4 is 29.3 Å². The number of hydrogen-bond donors (Lipinski definition) is 2. The Morgan fingerprint density at radius 2 is 2.21 bits per heavy atom. The van der Waals surface area contributed by atoms with Crippen LogP contribution in [0.3, 0.4) is 0 Å². The first kappa shape index (κ1) is 21.9. The quantitative estimate of drug-likeness (QED) is 0.513. The highest BCUT2D eigenvalue weighted by Crippen LogP contribution is 2.22. The highest BCUT2D eigenvalue weighted by Gasteiger charge is 2.28. The lowest BCUT2D eigenvalue weighted by Crippen LogP contribution is -2.32. The van der Waals surface area contributed by atoms with E-state index in [-0.39, 0.29) is 17.9 Å². The maximum Gasteiger partial charge on any atom is 0.345 e. The number of carbonyl (C=O) groups excluding carboxylic acids is 1. The molecule has 1 fully saturated rings. The summed E-state index contributed by atoms with van der Waals surface area (Å²) in [7, 11) is 0. The zero-order chi connectivity index (χ0) is 20.5. The topological polar surface area (TPSA) is 77.8 Å². The maximum atomic E-state index is 12.2. The second-order valence-electron chi connectivity index (χ2n) is 6.83. The monoisotopic (exact) mass is 401 g/mol. The van der Waals surface area contributed by atoms with Crippen LogP contribution in [0.5, 0.6) is 0 Å². The Morgan fingerprint density at radius 1 is 1.43 bits per heavy atom. The fourth-order valence-electron chi connectivity index (χ4n) is 2.94. The van der Waals surface area contributed by atoms with Crippen LogP contribution in [0, 0.1) is 17.8 Å². The number of rotatable bonds is 8. The lowest BCUT2D eigenvalue weighted by Gasteiger charge is -2.21. The molecule has 0 aliphatic carbocycles. The molecule has 1 aliphatic rings. The SMILES string of the molecule is CCC#CC[C@H](C)[C@H](O)C=C[C@H]1CCC(=O)N1CC=Cc1ccc(C(=O)O)s1. The number of carboxylic acid groups (broad SMARTS) is 1. The van der Waals surface area contributed by atoms with E-state index in [1.54, 1.807) is 23.1 Å². The Kier molecular flexibility index (Phi) is 8.49. The summed E-state index contributed by atoms with van der Waals surface area (Å²) in [5, 5.41) is 19.2. The molecule has 0 unspecified atom stereocenters. The van der Waals surface area contributed by atoms with E-state index in [0.29, 0.717) is 24.3 Å². The van der Waals surface area contributed by atoms with E-state index < -0.39 is 12.1 Å². The standard InChI is InChI=1S/C22H27NO4S/c1-3-4-5-7-16(2)19(24)12-9-17-10-14-21(25)23(17)15-6-8-18-11-13-20(28-18)22(26)27/h6,8-9,11-13,16-17,19,24H,3,7,10,14-15H2,1-2H3,(H,26,27)/t16-,17-,19+/m0/s1. The predicted octanol–water partition coefficient (Wildman–Crippen LogP) is 3.81. The van der Waals surface area contributed by atoms with Gasteiger partial charge >= 0.3 is 5.97 Å². The van der Waals surface area contributed by atoms with Gasteiger partial charge in [-0.15, -0.1) is 23.2 Å². The van der Waals surface area contributed by atoms with Crippen LogP contribution in [0.25, 0.3) is 6.08 Å². The first-order valence-corrected chi connectivity index (χ1v) is 10.3. The number of hydrogen-bond acceptors (Lipinski definition) is 4. The minimum atomic E-state index is -0.932. The zero-order valence-corrected chi connectivity index (χ0v) is 17.1. The highest BCUT2D eigenvalue weighted by molar-refractivity contribution is 7.14. The van der Waals surface area contributed by atoms with Crippen LogP contribution in [0.1, 0.15) is 54.1 Å². The summed E-state index contributed by atoms with van der Waals surface area (Å²) in [5.41, 5.74) is 0. The van der Waals surface area contributed by atoms with Crippen molar-refractivity contribution in [3.8, 4) is 11.8 Å². The van der Waals surface area contributed by atoms with Gasteiger partial charge in [0.1, 0.15) is 4.88 Å². The number of likely N-dealkylation sites (tertiary alicyclic amines) is 1. The van der Waals surface area contributed by atoms with Crippen molar-refractivity contribution < 1.29 is 19.8 Å². The fourth-order valence-corrected chi connectivity index (χ4v) is 3.72. The second-order valence-corrected chi connectivity index (χ2v) is 7.94. The third-order valence-corrected chi connectivity index (χ3v) is 5.67. The largest absolute Gasteiger partial charge is 0.477 e. The van der Waals surface area contributed by atoms with Gasteiger partial charge in [0, 0.05) is 30.7 Å². The molecule has 2 heterocycles. The van der Waals surface area contributed by atoms with Crippen molar-refractivity contribution in [1.29, 1.82) is 0 Å². The average molecular weight is 402 g/mol. The molecule has 3 atom stereocenters. The molecule has 1 saturated heterocycles. The van der Waals surface area contributed by atoms with Gasteiger partial charge in [0.25, 0.3) is 0 Å². The number of amides is 1. The predicted molar refractivity (Wildman–Crippen MR) is 112 cm³/mol. The van der Waals surface area contributed by atoms with E-state index in [9.17, 15) is 14.7 Å². The van der Waals surface area contributed by atoms with E-state index in [0.717, 1.165) is 17.7 Å². The van der Waals surface area contributed by atoms with Gasteiger partial charge in [-0.1, -0.05) is 32.1 Å². The van der Waals surface area contributed by atoms with Crippen LogP contribution in [-0.4, -0.2) is 45.7 Å². The van der Waals surface area contributed by atoms with E-state index in [1.165, 1.54) is 11.3 Å². The van der Waals surface area contributed by atoms with Crippen LogP contribution in [-0.2, 0) is 4.79 Å². The molecular formula is C22H27NO4S. The number of thiophene rings is 1. The van der Waals surface area contributed by atoms with Gasteiger partial charge in [-0.05, 0) is 30.5 Å². The molecule has 0 radical (unpaired) electrons. The van der Waals surface area contributed by atoms with E-state index >= 15 is 0 Å². The summed E-state index contributed by atoms with van der Waals surface area (Å²) >= 11 is 1.20. The molecule has 1 aliphatic heterocycles. The lowest BCUT2D eigenvalue weighted by atomic mass is 10.00. The van der Waals surface area contributed by atoms with Gasteiger partial charge in [-0.25, -0.2) is 4.79 Å². The maximum absolute atomic E-state index is 12.2.